The number of carboxylic acid groups (broad SMARTS) is 1. The van der Waals surface area contributed by atoms with Gasteiger partial charge in [-0.3, -0.25) is 4.68 Å². The standard InChI is InChI=1S/C15H18N4O2/c1-4-7-19(10-5-6-10)13-11(15(20)21)8-16-14-12(13)9(2)17-18(14)3/h4,8,10H,1,5-7H2,2-3H3,(H,20,21). The molecule has 0 aliphatic heterocycles. The Hall–Kier alpha value is -2.37. The zero-order chi connectivity index (χ0) is 15.1. The highest BCUT2D eigenvalue weighted by Gasteiger charge is 2.33. The molecule has 0 bridgehead atoms. The molecule has 21 heavy (non-hydrogen) atoms. The number of aryl methyl sites for hydroxylation is 2. The molecule has 3 rings (SSSR count). The third kappa shape index (κ3) is 2.16. The predicted molar refractivity (Wildman–Crippen MR) is 80.8 cm³/mol. The number of fused-ring (bicyclic) bond motifs is 1. The monoisotopic (exact) mass is 286 g/mol. The van der Waals surface area contributed by atoms with Gasteiger partial charge < -0.3 is 10.0 Å². The Morgan fingerprint density at radius 3 is 2.90 bits per heavy atom. The van der Waals surface area contributed by atoms with E-state index in [1.807, 2.05) is 20.0 Å². The normalized spacial score (nSPS) is 14.4. The van der Waals surface area contributed by atoms with Crippen LogP contribution in [0.5, 0.6) is 0 Å². The van der Waals surface area contributed by atoms with E-state index in [4.69, 9.17) is 0 Å². The van der Waals surface area contributed by atoms with Gasteiger partial charge in [0.15, 0.2) is 5.65 Å². The summed E-state index contributed by atoms with van der Waals surface area (Å²) in [6.07, 6.45) is 5.40. The minimum Gasteiger partial charge on any atom is -0.478 e. The minimum absolute atomic E-state index is 0.229. The molecule has 6 nitrogen and oxygen atoms in total. The Labute approximate surface area is 122 Å². The largest absolute Gasteiger partial charge is 0.478 e. The summed E-state index contributed by atoms with van der Waals surface area (Å²) < 4.78 is 1.69. The second kappa shape index (κ2) is 4.87. The van der Waals surface area contributed by atoms with E-state index in [9.17, 15) is 9.90 Å². The molecule has 0 unspecified atom stereocenters. The van der Waals surface area contributed by atoms with Gasteiger partial charge in [-0.2, -0.15) is 5.10 Å². The van der Waals surface area contributed by atoms with Gasteiger partial charge in [0.1, 0.15) is 5.56 Å². The molecule has 2 aromatic rings. The van der Waals surface area contributed by atoms with Crippen LogP contribution in [0.15, 0.2) is 18.9 Å². The first-order valence-corrected chi connectivity index (χ1v) is 6.97. The topological polar surface area (TPSA) is 71.2 Å². The lowest BCUT2D eigenvalue weighted by atomic mass is 10.1. The molecule has 0 aromatic carbocycles. The van der Waals surface area contributed by atoms with Crippen molar-refractivity contribution in [2.75, 3.05) is 11.4 Å². The lowest BCUT2D eigenvalue weighted by molar-refractivity contribution is 0.0697. The van der Waals surface area contributed by atoms with E-state index in [-0.39, 0.29) is 5.56 Å². The number of anilines is 1. The summed E-state index contributed by atoms with van der Waals surface area (Å²) in [5.41, 5.74) is 2.46. The number of hydrogen-bond acceptors (Lipinski definition) is 4. The van der Waals surface area contributed by atoms with Crippen LogP contribution in [0.4, 0.5) is 5.69 Å². The van der Waals surface area contributed by atoms with Gasteiger partial charge >= 0.3 is 5.97 Å². The number of nitrogens with zero attached hydrogens (tertiary/aromatic N) is 4. The van der Waals surface area contributed by atoms with Crippen molar-refractivity contribution in [2.45, 2.75) is 25.8 Å². The smallest absolute Gasteiger partial charge is 0.339 e. The molecule has 2 heterocycles. The Kier molecular flexibility index (Phi) is 3.16. The van der Waals surface area contributed by atoms with Gasteiger partial charge in [-0.15, -0.1) is 6.58 Å². The maximum absolute atomic E-state index is 11.6. The second-order valence-corrected chi connectivity index (χ2v) is 5.41. The Bertz CT molecular complexity index is 731. The molecule has 6 heteroatoms. The van der Waals surface area contributed by atoms with Gasteiger partial charge in [0, 0.05) is 25.8 Å². The van der Waals surface area contributed by atoms with Crippen LogP contribution in [0.1, 0.15) is 28.9 Å². The molecule has 1 saturated carbocycles. The number of rotatable bonds is 5. The molecule has 1 fully saturated rings. The molecular formula is C15H18N4O2. The molecule has 0 radical (unpaired) electrons. The maximum atomic E-state index is 11.6. The van der Waals surface area contributed by atoms with Gasteiger partial charge in [-0.05, 0) is 19.8 Å². The van der Waals surface area contributed by atoms with E-state index < -0.39 is 5.97 Å². The van der Waals surface area contributed by atoms with Gasteiger partial charge in [-0.25, -0.2) is 9.78 Å². The van der Waals surface area contributed by atoms with Crippen molar-refractivity contribution in [3.8, 4) is 0 Å². The van der Waals surface area contributed by atoms with Crippen LogP contribution in [0, 0.1) is 6.92 Å². The van der Waals surface area contributed by atoms with Crippen molar-refractivity contribution in [1.82, 2.24) is 14.8 Å². The Morgan fingerprint density at radius 1 is 1.62 bits per heavy atom. The van der Waals surface area contributed by atoms with Gasteiger partial charge in [0.2, 0.25) is 0 Å². The molecule has 2 aromatic heterocycles. The molecule has 110 valence electrons. The molecule has 0 saturated heterocycles. The number of carbonyl (C=O) groups is 1. The minimum atomic E-state index is -0.961. The van der Waals surface area contributed by atoms with Crippen LogP contribution >= 0.6 is 0 Å². The summed E-state index contributed by atoms with van der Waals surface area (Å²) in [5.74, 6) is -0.961. The summed E-state index contributed by atoms with van der Waals surface area (Å²) >= 11 is 0. The number of aromatic carboxylic acids is 1. The fourth-order valence-corrected chi connectivity index (χ4v) is 2.80. The molecule has 1 N–H and O–H groups in total. The fraction of sp³-hybridized carbons (Fsp3) is 0.400. The highest BCUT2D eigenvalue weighted by Crippen LogP contribution is 2.38. The predicted octanol–water partition coefficient (Wildman–Crippen LogP) is 2.13. The van der Waals surface area contributed by atoms with Crippen LogP contribution < -0.4 is 4.90 Å². The third-order valence-corrected chi connectivity index (χ3v) is 3.83. The quantitative estimate of drug-likeness (QED) is 0.853. The Morgan fingerprint density at radius 2 is 2.33 bits per heavy atom. The summed E-state index contributed by atoms with van der Waals surface area (Å²) in [4.78, 5) is 18.0. The van der Waals surface area contributed by atoms with E-state index in [0.717, 1.165) is 29.6 Å². The van der Waals surface area contributed by atoms with Crippen molar-refractivity contribution in [2.24, 2.45) is 7.05 Å². The first-order valence-electron chi connectivity index (χ1n) is 6.97. The first kappa shape index (κ1) is 13.6. The van der Waals surface area contributed by atoms with E-state index in [1.54, 1.807) is 4.68 Å². The van der Waals surface area contributed by atoms with E-state index in [1.165, 1.54) is 6.20 Å². The number of pyridine rings is 1. The van der Waals surface area contributed by atoms with Crippen LogP contribution in [0.2, 0.25) is 0 Å². The molecule has 0 amide bonds. The average molecular weight is 286 g/mol. The van der Waals surface area contributed by atoms with E-state index in [2.05, 4.69) is 21.6 Å². The number of hydrogen-bond donors (Lipinski definition) is 1. The maximum Gasteiger partial charge on any atom is 0.339 e. The van der Waals surface area contributed by atoms with E-state index >= 15 is 0 Å². The van der Waals surface area contributed by atoms with Crippen LogP contribution in [0.25, 0.3) is 11.0 Å². The number of carboxylic acids is 1. The lowest BCUT2D eigenvalue weighted by Gasteiger charge is -2.25. The van der Waals surface area contributed by atoms with Crippen molar-refractivity contribution < 1.29 is 9.90 Å². The summed E-state index contributed by atoms with van der Waals surface area (Å²) in [7, 11) is 1.82. The van der Waals surface area contributed by atoms with Gasteiger partial charge in [-0.1, -0.05) is 6.08 Å². The van der Waals surface area contributed by atoms with Crippen LogP contribution in [-0.4, -0.2) is 38.4 Å². The SMILES string of the molecule is C=CCN(c1c(C(=O)O)cnc2c1c(C)nn2C)C1CC1. The Balaban J connectivity index is 2.32. The highest BCUT2D eigenvalue weighted by molar-refractivity contribution is 6.05. The first-order chi connectivity index (χ1) is 10.0. The zero-order valence-corrected chi connectivity index (χ0v) is 12.2. The fourth-order valence-electron chi connectivity index (χ4n) is 2.80. The molecule has 0 atom stereocenters. The van der Waals surface area contributed by atoms with Crippen molar-refractivity contribution >= 4 is 22.7 Å². The highest BCUT2D eigenvalue weighted by atomic mass is 16.4. The second-order valence-electron chi connectivity index (χ2n) is 5.41. The summed E-state index contributed by atoms with van der Waals surface area (Å²) in [6, 6.07) is 0.381. The summed E-state index contributed by atoms with van der Waals surface area (Å²) in [5, 5.41) is 14.7. The zero-order valence-electron chi connectivity index (χ0n) is 12.2. The van der Waals surface area contributed by atoms with Crippen LogP contribution in [0.3, 0.4) is 0 Å². The van der Waals surface area contributed by atoms with Crippen molar-refractivity contribution in [3.63, 3.8) is 0 Å². The van der Waals surface area contributed by atoms with Gasteiger partial charge in [0.25, 0.3) is 0 Å². The summed E-state index contributed by atoms with van der Waals surface area (Å²) in [6.45, 7) is 6.30. The van der Waals surface area contributed by atoms with Crippen LogP contribution in [-0.2, 0) is 7.05 Å². The average Bonchev–Trinajstić information content (AvgIpc) is 3.23. The molecular weight excluding hydrogens is 268 g/mol. The molecule has 1 aliphatic carbocycles. The lowest BCUT2D eigenvalue weighted by Crippen LogP contribution is -2.28. The third-order valence-electron chi connectivity index (χ3n) is 3.83. The molecule has 0 spiro atoms. The number of aromatic nitrogens is 3. The van der Waals surface area contributed by atoms with Crippen molar-refractivity contribution in [1.29, 1.82) is 0 Å². The molecule has 1 aliphatic rings. The van der Waals surface area contributed by atoms with Gasteiger partial charge in [0.05, 0.1) is 16.8 Å². The van der Waals surface area contributed by atoms with E-state index in [0.29, 0.717) is 18.2 Å². The van der Waals surface area contributed by atoms with Crippen molar-refractivity contribution in [3.05, 3.63) is 30.1 Å².